The summed E-state index contributed by atoms with van der Waals surface area (Å²) in [5, 5.41) is 2.10. The summed E-state index contributed by atoms with van der Waals surface area (Å²) < 4.78 is 41.0. The fourth-order valence-electron chi connectivity index (χ4n) is 1.66. The third-order valence-corrected chi connectivity index (χ3v) is 2.53. The van der Waals surface area contributed by atoms with Gasteiger partial charge in [0.2, 0.25) is 5.91 Å². The highest BCUT2D eigenvalue weighted by Crippen LogP contribution is 2.13. The van der Waals surface area contributed by atoms with Gasteiger partial charge in [-0.25, -0.2) is 0 Å². The van der Waals surface area contributed by atoms with E-state index in [9.17, 15) is 18.0 Å². The first-order valence-corrected chi connectivity index (χ1v) is 5.48. The molecule has 17 heavy (non-hydrogen) atoms. The number of hydrogen-bond donors (Lipinski definition) is 1. The lowest BCUT2D eigenvalue weighted by Gasteiger charge is -2.36. The van der Waals surface area contributed by atoms with Crippen LogP contribution in [0.1, 0.15) is 13.8 Å². The summed E-state index contributed by atoms with van der Waals surface area (Å²) in [7, 11) is 0. The molecule has 4 nitrogen and oxygen atoms in total. The van der Waals surface area contributed by atoms with Crippen molar-refractivity contribution in [3.05, 3.63) is 0 Å². The van der Waals surface area contributed by atoms with Crippen molar-refractivity contribution in [2.24, 2.45) is 0 Å². The molecule has 1 fully saturated rings. The van der Waals surface area contributed by atoms with Gasteiger partial charge in [-0.3, -0.25) is 4.79 Å². The van der Waals surface area contributed by atoms with E-state index in [4.69, 9.17) is 4.74 Å². The summed E-state index contributed by atoms with van der Waals surface area (Å²) in [5.74, 6) is -0.322. The minimum Gasteiger partial charge on any atom is -0.375 e. The summed E-state index contributed by atoms with van der Waals surface area (Å²) in [6.07, 6.45) is -4.36. The molecule has 0 saturated carbocycles. The second kappa shape index (κ2) is 5.68. The highest BCUT2D eigenvalue weighted by atomic mass is 19.4. The lowest BCUT2D eigenvalue weighted by atomic mass is 10.2. The van der Waals surface area contributed by atoms with Crippen LogP contribution < -0.4 is 5.32 Å². The Kier molecular flexibility index (Phi) is 4.76. The van der Waals surface area contributed by atoms with Crippen molar-refractivity contribution in [1.29, 1.82) is 0 Å². The van der Waals surface area contributed by atoms with Crippen molar-refractivity contribution in [3.63, 3.8) is 0 Å². The van der Waals surface area contributed by atoms with E-state index in [1.54, 1.807) is 4.90 Å². The van der Waals surface area contributed by atoms with Crippen LogP contribution in [-0.4, -0.2) is 55.4 Å². The number of carbonyl (C=O) groups excluding carboxylic acids is 1. The lowest BCUT2D eigenvalue weighted by Crippen LogP contribution is -2.53. The molecular weight excluding hydrogens is 237 g/mol. The average molecular weight is 254 g/mol. The quantitative estimate of drug-likeness (QED) is 0.809. The first-order valence-electron chi connectivity index (χ1n) is 5.48. The van der Waals surface area contributed by atoms with Crippen LogP contribution in [0.2, 0.25) is 0 Å². The van der Waals surface area contributed by atoms with E-state index in [1.165, 1.54) is 0 Å². The Labute approximate surface area is 98.1 Å². The normalized spacial score (nSPS) is 26.1. The van der Waals surface area contributed by atoms with Crippen LogP contribution in [0.3, 0.4) is 0 Å². The van der Waals surface area contributed by atoms with Gasteiger partial charge in [0.25, 0.3) is 0 Å². The van der Waals surface area contributed by atoms with Crippen LogP contribution in [-0.2, 0) is 9.53 Å². The zero-order valence-corrected chi connectivity index (χ0v) is 9.88. The number of hydrogen-bond acceptors (Lipinski definition) is 3. The van der Waals surface area contributed by atoms with E-state index < -0.39 is 12.7 Å². The fourth-order valence-corrected chi connectivity index (χ4v) is 1.66. The zero-order valence-electron chi connectivity index (χ0n) is 9.88. The molecule has 1 amide bonds. The Morgan fingerprint density at radius 1 is 1.47 bits per heavy atom. The maximum Gasteiger partial charge on any atom is 0.401 e. The predicted octanol–water partition coefficient (Wildman–Crippen LogP) is 0.774. The largest absolute Gasteiger partial charge is 0.401 e. The number of rotatable bonds is 3. The lowest BCUT2D eigenvalue weighted by molar-refractivity contribution is -0.144. The summed E-state index contributed by atoms with van der Waals surface area (Å²) in [6, 6.07) is -0.0913. The minimum atomic E-state index is -4.29. The Bertz CT molecular complexity index is 271. The van der Waals surface area contributed by atoms with Crippen molar-refractivity contribution in [3.8, 4) is 0 Å². The molecule has 0 spiro atoms. The molecule has 0 aromatic rings. The maximum absolute atomic E-state index is 11.9. The van der Waals surface area contributed by atoms with Gasteiger partial charge in [-0.1, -0.05) is 0 Å². The van der Waals surface area contributed by atoms with Crippen molar-refractivity contribution < 1.29 is 22.7 Å². The van der Waals surface area contributed by atoms with Gasteiger partial charge in [0.1, 0.15) is 0 Å². The molecular formula is C10H17F3N2O2. The van der Waals surface area contributed by atoms with Gasteiger partial charge in [-0.2, -0.15) is 13.2 Å². The molecule has 0 radical (unpaired) electrons. The molecule has 0 aromatic heterocycles. The molecule has 7 heteroatoms. The molecule has 2 atom stereocenters. The molecule has 100 valence electrons. The van der Waals surface area contributed by atoms with Crippen molar-refractivity contribution in [2.75, 3.05) is 26.2 Å². The van der Waals surface area contributed by atoms with Gasteiger partial charge >= 0.3 is 6.18 Å². The van der Waals surface area contributed by atoms with Crippen LogP contribution in [0, 0.1) is 0 Å². The van der Waals surface area contributed by atoms with Gasteiger partial charge < -0.3 is 15.0 Å². The highest BCUT2D eigenvalue weighted by molar-refractivity contribution is 5.78. The number of nitrogens with one attached hydrogen (secondary N) is 1. The molecule has 0 bridgehead atoms. The van der Waals surface area contributed by atoms with E-state index in [2.05, 4.69) is 5.32 Å². The molecule has 1 N–H and O–H groups in total. The maximum atomic E-state index is 11.9. The fraction of sp³-hybridized carbons (Fsp3) is 0.900. The zero-order chi connectivity index (χ0) is 13.1. The topological polar surface area (TPSA) is 41.6 Å². The number of amides is 1. The van der Waals surface area contributed by atoms with Crippen molar-refractivity contribution >= 4 is 5.91 Å². The minimum absolute atomic E-state index is 0.0715. The molecule has 2 unspecified atom stereocenters. The van der Waals surface area contributed by atoms with Crippen LogP contribution in [0.5, 0.6) is 0 Å². The van der Waals surface area contributed by atoms with Crippen LogP contribution in [0.15, 0.2) is 0 Å². The Morgan fingerprint density at radius 3 is 2.71 bits per heavy atom. The van der Waals surface area contributed by atoms with E-state index >= 15 is 0 Å². The standard InChI is InChI=1S/C10H17F3N2O2/c1-7-5-17-8(2)4-15(7)9(16)3-14-6-10(11,12)13/h7-8,14H,3-6H2,1-2H3. The number of alkyl halides is 3. The summed E-state index contributed by atoms with van der Waals surface area (Å²) in [5.41, 5.74) is 0. The molecule has 1 aliphatic heterocycles. The number of halogens is 3. The summed E-state index contributed by atoms with van der Waals surface area (Å²) >= 11 is 0. The first-order chi connectivity index (χ1) is 7.79. The van der Waals surface area contributed by atoms with Crippen LogP contribution >= 0.6 is 0 Å². The second-order valence-corrected chi connectivity index (χ2v) is 4.26. The van der Waals surface area contributed by atoms with Gasteiger partial charge in [0.15, 0.2) is 0 Å². The van der Waals surface area contributed by atoms with E-state index in [-0.39, 0.29) is 24.6 Å². The molecule has 0 aliphatic carbocycles. The van der Waals surface area contributed by atoms with Crippen molar-refractivity contribution in [2.45, 2.75) is 32.2 Å². The summed E-state index contributed by atoms with van der Waals surface area (Å²) in [4.78, 5) is 13.2. The molecule has 1 rings (SSSR count). The third kappa shape index (κ3) is 4.91. The van der Waals surface area contributed by atoms with Crippen molar-refractivity contribution in [1.82, 2.24) is 10.2 Å². The average Bonchev–Trinajstić information content (AvgIpc) is 2.19. The monoisotopic (exact) mass is 254 g/mol. The number of ether oxygens (including phenoxy) is 1. The van der Waals surface area contributed by atoms with Crippen LogP contribution in [0.4, 0.5) is 13.2 Å². The second-order valence-electron chi connectivity index (χ2n) is 4.26. The Balaban J connectivity index is 2.36. The first kappa shape index (κ1) is 14.2. The number of nitrogens with zero attached hydrogens (tertiary/aromatic N) is 1. The van der Waals surface area contributed by atoms with E-state index in [1.807, 2.05) is 13.8 Å². The molecule has 1 saturated heterocycles. The third-order valence-electron chi connectivity index (χ3n) is 2.53. The Morgan fingerprint density at radius 2 is 2.12 bits per heavy atom. The Hall–Kier alpha value is -0.820. The smallest absolute Gasteiger partial charge is 0.375 e. The SMILES string of the molecule is CC1CN(C(=O)CNCC(F)(F)F)C(C)CO1. The molecule has 0 aromatic carbocycles. The van der Waals surface area contributed by atoms with Gasteiger partial charge in [-0.15, -0.1) is 0 Å². The van der Waals surface area contributed by atoms with Gasteiger partial charge in [-0.05, 0) is 13.8 Å². The molecule has 1 heterocycles. The number of carbonyl (C=O) groups is 1. The highest BCUT2D eigenvalue weighted by Gasteiger charge is 2.29. The van der Waals surface area contributed by atoms with E-state index in [0.29, 0.717) is 13.2 Å². The predicted molar refractivity (Wildman–Crippen MR) is 55.5 cm³/mol. The van der Waals surface area contributed by atoms with Gasteiger partial charge in [0.05, 0.1) is 31.8 Å². The molecule has 1 aliphatic rings. The van der Waals surface area contributed by atoms with Crippen LogP contribution in [0.25, 0.3) is 0 Å². The number of morpholine rings is 1. The summed E-state index contributed by atoms with van der Waals surface area (Å²) in [6.45, 7) is 3.05. The van der Waals surface area contributed by atoms with E-state index in [0.717, 1.165) is 0 Å². The van der Waals surface area contributed by atoms with Gasteiger partial charge in [0, 0.05) is 6.54 Å².